The van der Waals surface area contributed by atoms with Crippen molar-refractivity contribution in [1.29, 1.82) is 0 Å². The molecule has 110 valence electrons. The first-order chi connectivity index (χ1) is 8.76. The van der Waals surface area contributed by atoms with Crippen molar-refractivity contribution < 1.29 is 17.7 Å². The first-order valence-electron chi connectivity index (χ1n) is 6.56. The number of hydrogen-bond acceptors (Lipinski definition) is 4. The zero-order valence-corrected chi connectivity index (χ0v) is 12.9. The van der Waals surface area contributed by atoms with Crippen molar-refractivity contribution in [3.63, 3.8) is 0 Å². The zero-order chi connectivity index (χ0) is 14.5. The smallest absolute Gasteiger partial charge is 0.100 e. The van der Waals surface area contributed by atoms with Gasteiger partial charge in [0.05, 0.1) is 23.7 Å². The molecule has 0 heterocycles. The van der Waals surface area contributed by atoms with E-state index in [1.54, 1.807) is 0 Å². The van der Waals surface area contributed by atoms with Crippen LogP contribution in [0.25, 0.3) is 0 Å². The van der Waals surface area contributed by atoms with Crippen LogP contribution in [0.5, 0.6) is 0 Å². The van der Waals surface area contributed by atoms with Gasteiger partial charge in [-0.1, -0.05) is 18.6 Å². The van der Waals surface area contributed by atoms with Gasteiger partial charge in [0.25, 0.3) is 0 Å². The molecule has 0 N–H and O–H groups in total. The van der Waals surface area contributed by atoms with Crippen LogP contribution in [0.3, 0.4) is 0 Å². The normalized spacial score (nSPS) is 19.4. The molecule has 0 aliphatic heterocycles. The van der Waals surface area contributed by atoms with Crippen LogP contribution in [0, 0.1) is 5.92 Å². The summed E-state index contributed by atoms with van der Waals surface area (Å²) >= 11 is -2.41. The van der Waals surface area contributed by atoms with Gasteiger partial charge in [0.2, 0.25) is 0 Å². The average molecular weight is 287 g/mol. The SMILES string of the molecule is CC(COS(=O)[O-])CC1=CC=C(OC(C)(C)C)CC1. The number of ether oxygens (including phenoxy) is 1. The first kappa shape index (κ1) is 16.4. The van der Waals surface area contributed by atoms with Gasteiger partial charge in [-0.25, -0.2) is 4.21 Å². The summed E-state index contributed by atoms with van der Waals surface area (Å²) in [5.74, 6) is 1.21. The highest BCUT2D eigenvalue weighted by molar-refractivity contribution is 7.74. The minimum absolute atomic E-state index is 0.156. The second-order valence-corrected chi connectivity index (χ2v) is 6.61. The van der Waals surface area contributed by atoms with E-state index in [4.69, 9.17) is 4.74 Å². The van der Waals surface area contributed by atoms with E-state index in [0.717, 1.165) is 25.0 Å². The molecule has 1 rings (SSSR count). The Bertz CT molecular complexity index is 379. The van der Waals surface area contributed by atoms with Crippen LogP contribution in [0.2, 0.25) is 0 Å². The largest absolute Gasteiger partial charge is 0.750 e. The van der Waals surface area contributed by atoms with E-state index in [0.29, 0.717) is 0 Å². The molecule has 19 heavy (non-hydrogen) atoms. The fourth-order valence-corrected chi connectivity index (χ4v) is 2.33. The second kappa shape index (κ2) is 7.22. The molecule has 0 amide bonds. The fraction of sp³-hybridized carbons (Fsp3) is 0.714. The molecule has 0 aromatic rings. The van der Waals surface area contributed by atoms with Crippen molar-refractivity contribution in [2.24, 2.45) is 5.92 Å². The van der Waals surface area contributed by atoms with Crippen LogP contribution in [-0.2, 0) is 20.3 Å². The highest BCUT2D eigenvalue weighted by atomic mass is 32.2. The Hall–Kier alpha value is -0.650. The maximum absolute atomic E-state index is 10.3. The van der Waals surface area contributed by atoms with Gasteiger partial charge < -0.3 is 13.5 Å². The van der Waals surface area contributed by atoms with E-state index in [9.17, 15) is 8.76 Å². The van der Waals surface area contributed by atoms with E-state index in [1.807, 2.05) is 33.8 Å². The minimum Gasteiger partial charge on any atom is -0.750 e. The molecular weight excluding hydrogens is 264 g/mol. The lowest BCUT2D eigenvalue weighted by Crippen LogP contribution is -2.19. The Morgan fingerprint density at radius 3 is 2.53 bits per heavy atom. The molecule has 0 aromatic carbocycles. The number of allylic oxidation sites excluding steroid dienone is 4. The Morgan fingerprint density at radius 1 is 1.37 bits per heavy atom. The summed E-state index contributed by atoms with van der Waals surface area (Å²) in [5, 5.41) is 0. The summed E-state index contributed by atoms with van der Waals surface area (Å²) in [7, 11) is 0. The van der Waals surface area contributed by atoms with Crippen molar-refractivity contribution in [1.82, 2.24) is 0 Å². The standard InChI is InChI=1S/C14H24O4S/c1-11(10-17-19(15)16)9-12-5-7-13(8-6-12)18-14(2,3)4/h5,7,11H,6,8-10H2,1-4H3,(H,15,16)/p-1. The van der Waals surface area contributed by atoms with Gasteiger partial charge in [0.1, 0.15) is 5.60 Å². The van der Waals surface area contributed by atoms with Crippen molar-refractivity contribution in [3.8, 4) is 0 Å². The molecular formula is C14H23O4S-. The molecule has 5 heteroatoms. The minimum atomic E-state index is -2.41. The van der Waals surface area contributed by atoms with Gasteiger partial charge in [0, 0.05) is 6.42 Å². The number of hydrogen-bond donors (Lipinski definition) is 0. The molecule has 0 saturated carbocycles. The van der Waals surface area contributed by atoms with E-state index >= 15 is 0 Å². The summed E-state index contributed by atoms with van der Waals surface area (Å²) in [6.45, 7) is 8.34. The monoisotopic (exact) mass is 287 g/mol. The van der Waals surface area contributed by atoms with Gasteiger partial charge in [-0.3, -0.25) is 0 Å². The second-order valence-electron chi connectivity index (χ2n) is 5.97. The van der Waals surface area contributed by atoms with E-state index in [1.165, 1.54) is 5.57 Å². The van der Waals surface area contributed by atoms with Crippen LogP contribution in [0.15, 0.2) is 23.5 Å². The Labute approximate surface area is 118 Å². The first-order valence-corrected chi connectivity index (χ1v) is 7.56. The van der Waals surface area contributed by atoms with Gasteiger partial charge in [-0.15, -0.1) is 0 Å². The quantitative estimate of drug-likeness (QED) is 0.704. The van der Waals surface area contributed by atoms with Gasteiger partial charge in [0.15, 0.2) is 0 Å². The molecule has 0 spiro atoms. The Kier molecular flexibility index (Phi) is 6.23. The van der Waals surface area contributed by atoms with Crippen LogP contribution >= 0.6 is 0 Å². The van der Waals surface area contributed by atoms with E-state index in [2.05, 4.69) is 10.3 Å². The molecule has 1 aliphatic rings. The van der Waals surface area contributed by atoms with Gasteiger partial charge in [-0.05, 0) is 45.6 Å². The lowest BCUT2D eigenvalue weighted by molar-refractivity contribution is 0.0464. The Balaban J connectivity index is 2.43. The highest BCUT2D eigenvalue weighted by Gasteiger charge is 2.16. The molecule has 2 atom stereocenters. The van der Waals surface area contributed by atoms with E-state index < -0.39 is 11.4 Å². The predicted molar refractivity (Wildman–Crippen MR) is 74.9 cm³/mol. The molecule has 1 aliphatic carbocycles. The van der Waals surface area contributed by atoms with Crippen LogP contribution in [-0.4, -0.2) is 21.0 Å². The van der Waals surface area contributed by atoms with Crippen LogP contribution in [0.1, 0.15) is 47.0 Å². The molecule has 2 unspecified atom stereocenters. The third-order valence-electron chi connectivity index (χ3n) is 2.69. The van der Waals surface area contributed by atoms with Gasteiger partial charge >= 0.3 is 0 Å². The van der Waals surface area contributed by atoms with E-state index in [-0.39, 0.29) is 18.1 Å². The molecule has 0 bridgehead atoms. The summed E-state index contributed by atoms with van der Waals surface area (Å²) < 4.78 is 31.0. The maximum atomic E-state index is 10.3. The van der Waals surface area contributed by atoms with Crippen molar-refractivity contribution in [3.05, 3.63) is 23.5 Å². The zero-order valence-electron chi connectivity index (χ0n) is 12.1. The summed E-state index contributed by atoms with van der Waals surface area (Å²) in [6, 6.07) is 0. The molecule has 4 nitrogen and oxygen atoms in total. The summed E-state index contributed by atoms with van der Waals surface area (Å²) in [5.41, 5.74) is 1.16. The molecule has 0 fully saturated rings. The van der Waals surface area contributed by atoms with Crippen LogP contribution < -0.4 is 0 Å². The summed E-state index contributed by atoms with van der Waals surface area (Å²) in [4.78, 5) is 0. The van der Waals surface area contributed by atoms with Gasteiger partial charge in [-0.2, -0.15) is 0 Å². The topological polar surface area (TPSA) is 58.6 Å². The fourth-order valence-electron chi connectivity index (χ4n) is 1.99. The summed E-state index contributed by atoms with van der Waals surface area (Å²) in [6.07, 6.45) is 6.83. The van der Waals surface area contributed by atoms with Crippen molar-refractivity contribution in [2.75, 3.05) is 6.61 Å². The lowest BCUT2D eigenvalue weighted by Gasteiger charge is -2.26. The predicted octanol–water partition coefficient (Wildman–Crippen LogP) is 3.24. The third-order valence-corrected chi connectivity index (χ3v) is 3.02. The average Bonchev–Trinajstić information content (AvgIpc) is 2.27. The number of rotatable bonds is 6. The van der Waals surface area contributed by atoms with Crippen LogP contribution in [0.4, 0.5) is 0 Å². The van der Waals surface area contributed by atoms with Crippen molar-refractivity contribution in [2.45, 2.75) is 52.6 Å². The molecule has 0 aromatic heterocycles. The molecule has 0 radical (unpaired) electrons. The third kappa shape index (κ3) is 7.50. The highest BCUT2D eigenvalue weighted by Crippen LogP contribution is 2.27. The Morgan fingerprint density at radius 2 is 2.05 bits per heavy atom. The maximum Gasteiger partial charge on any atom is 0.100 e. The lowest BCUT2D eigenvalue weighted by atomic mass is 9.94. The van der Waals surface area contributed by atoms with Crippen molar-refractivity contribution >= 4 is 11.4 Å². The molecule has 0 saturated heterocycles.